The van der Waals surface area contributed by atoms with Crippen molar-refractivity contribution in [3.8, 4) is 0 Å². The molecule has 1 aliphatic heterocycles. The van der Waals surface area contributed by atoms with E-state index in [1.165, 1.54) is 37.0 Å². The van der Waals surface area contributed by atoms with E-state index < -0.39 is 0 Å². The maximum absolute atomic E-state index is 6.03. The first-order chi connectivity index (χ1) is 8.85. The first-order valence-electron chi connectivity index (χ1n) is 7.26. The van der Waals surface area contributed by atoms with Gasteiger partial charge in [-0.05, 0) is 36.3 Å². The van der Waals surface area contributed by atoms with Crippen molar-refractivity contribution in [2.75, 3.05) is 6.61 Å². The van der Waals surface area contributed by atoms with E-state index in [4.69, 9.17) is 4.74 Å². The van der Waals surface area contributed by atoms with Crippen LogP contribution in [0.2, 0.25) is 0 Å². The second-order valence-electron chi connectivity index (χ2n) is 6.05. The first-order valence-corrected chi connectivity index (χ1v) is 7.26. The third-order valence-corrected chi connectivity index (χ3v) is 5.40. The van der Waals surface area contributed by atoms with Crippen molar-refractivity contribution in [3.05, 3.63) is 47.2 Å². The van der Waals surface area contributed by atoms with Crippen LogP contribution < -0.4 is 0 Å². The zero-order valence-corrected chi connectivity index (χ0v) is 11.0. The number of hydrogen-bond acceptors (Lipinski definition) is 1. The van der Waals surface area contributed by atoms with Gasteiger partial charge >= 0.3 is 0 Å². The molecule has 0 spiro atoms. The molecule has 18 heavy (non-hydrogen) atoms. The van der Waals surface area contributed by atoms with Gasteiger partial charge in [-0.25, -0.2) is 0 Å². The Labute approximate surface area is 109 Å². The molecule has 1 aromatic carbocycles. The number of fused-ring (bicyclic) bond motifs is 2. The fourth-order valence-corrected chi connectivity index (χ4v) is 4.45. The van der Waals surface area contributed by atoms with Crippen LogP contribution in [0.4, 0.5) is 0 Å². The Balaban J connectivity index is 1.87. The fraction of sp³-hybridized carbons (Fsp3) is 0.529. The summed E-state index contributed by atoms with van der Waals surface area (Å²) in [7, 11) is 0. The van der Waals surface area contributed by atoms with E-state index in [2.05, 4.69) is 37.3 Å². The summed E-state index contributed by atoms with van der Waals surface area (Å²) >= 11 is 0. The van der Waals surface area contributed by atoms with E-state index in [1.807, 2.05) is 0 Å². The summed E-state index contributed by atoms with van der Waals surface area (Å²) in [5.74, 6) is 2.81. The summed E-state index contributed by atoms with van der Waals surface area (Å²) in [6.45, 7) is 3.35. The second kappa shape index (κ2) is 3.63. The molecule has 0 aromatic heterocycles. The van der Waals surface area contributed by atoms with Crippen LogP contribution in [-0.2, 0) is 10.2 Å². The summed E-state index contributed by atoms with van der Waals surface area (Å²) < 4.78 is 6.03. The van der Waals surface area contributed by atoms with E-state index in [9.17, 15) is 0 Å². The molecule has 1 nitrogen and oxygen atoms in total. The quantitative estimate of drug-likeness (QED) is 0.719. The maximum Gasteiger partial charge on any atom is 0.0961 e. The highest BCUT2D eigenvalue weighted by Gasteiger charge is 2.67. The molecule has 0 unspecified atom stereocenters. The molecule has 0 amide bonds. The Kier molecular flexibility index (Phi) is 2.15. The van der Waals surface area contributed by atoms with Gasteiger partial charge in [-0.2, -0.15) is 0 Å². The lowest BCUT2D eigenvalue weighted by Gasteiger charge is -2.33. The standard InChI is InChI=1S/C17H20O/c1-12-15-11-18-16-10-6-5-9-14(16)17(12,15)13-7-3-2-4-8-13/h2-4,7-8,12,15H,5-6,9-11H2,1H3/t12-,15-,17+/m0/s1. The van der Waals surface area contributed by atoms with E-state index in [1.54, 1.807) is 5.57 Å². The van der Waals surface area contributed by atoms with Gasteiger partial charge in [-0.3, -0.25) is 0 Å². The summed E-state index contributed by atoms with van der Waals surface area (Å²) in [4.78, 5) is 0. The van der Waals surface area contributed by atoms with Gasteiger partial charge < -0.3 is 4.74 Å². The van der Waals surface area contributed by atoms with Crippen LogP contribution >= 0.6 is 0 Å². The number of ether oxygens (including phenoxy) is 1. The Morgan fingerprint density at radius 3 is 2.72 bits per heavy atom. The van der Waals surface area contributed by atoms with Crippen molar-refractivity contribution in [1.82, 2.24) is 0 Å². The fourth-order valence-electron chi connectivity index (χ4n) is 4.45. The number of hydrogen-bond donors (Lipinski definition) is 0. The largest absolute Gasteiger partial charge is 0.498 e. The topological polar surface area (TPSA) is 9.23 Å². The third-order valence-electron chi connectivity index (χ3n) is 5.40. The van der Waals surface area contributed by atoms with Crippen LogP contribution in [0.15, 0.2) is 41.7 Å². The van der Waals surface area contributed by atoms with Crippen molar-refractivity contribution < 1.29 is 4.74 Å². The summed E-state index contributed by atoms with van der Waals surface area (Å²) in [6.07, 6.45) is 5.08. The van der Waals surface area contributed by atoms with Gasteiger partial charge in [0.25, 0.3) is 0 Å². The first kappa shape index (κ1) is 10.7. The minimum Gasteiger partial charge on any atom is -0.498 e. The Morgan fingerprint density at radius 2 is 1.89 bits per heavy atom. The average Bonchev–Trinajstić information content (AvgIpc) is 3.07. The normalized spacial score (nSPS) is 37.6. The van der Waals surface area contributed by atoms with Gasteiger partial charge in [0, 0.05) is 17.8 Å². The molecule has 3 atom stereocenters. The smallest absolute Gasteiger partial charge is 0.0961 e. The molecule has 1 aromatic rings. The van der Waals surface area contributed by atoms with Crippen molar-refractivity contribution in [2.24, 2.45) is 11.8 Å². The van der Waals surface area contributed by atoms with Crippen LogP contribution in [-0.4, -0.2) is 6.61 Å². The lowest BCUT2D eigenvalue weighted by Crippen LogP contribution is -2.25. The average molecular weight is 240 g/mol. The molecule has 1 heteroatoms. The molecule has 0 radical (unpaired) electrons. The van der Waals surface area contributed by atoms with E-state index in [0.29, 0.717) is 5.41 Å². The van der Waals surface area contributed by atoms with Crippen LogP contribution in [0.3, 0.4) is 0 Å². The molecule has 4 rings (SSSR count). The third kappa shape index (κ3) is 1.18. The van der Waals surface area contributed by atoms with Gasteiger partial charge in [0.2, 0.25) is 0 Å². The number of benzene rings is 1. The Morgan fingerprint density at radius 1 is 1.11 bits per heavy atom. The molecular formula is C17H20O. The van der Waals surface area contributed by atoms with Crippen molar-refractivity contribution in [2.45, 2.75) is 38.0 Å². The lowest BCUT2D eigenvalue weighted by atomic mass is 9.77. The van der Waals surface area contributed by atoms with E-state index >= 15 is 0 Å². The van der Waals surface area contributed by atoms with Gasteiger partial charge in [0.15, 0.2) is 0 Å². The summed E-state index contributed by atoms with van der Waals surface area (Å²) in [5, 5.41) is 0. The molecule has 0 saturated heterocycles. The molecular weight excluding hydrogens is 220 g/mol. The number of rotatable bonds is 1. The maximum atomic E-state index is 6.03. The number of allylic oxidation sites excluding steroid dienone is 2. The lowest BCUT2D eigenvalue weighted by molar-refractivity contribution is 0.152. The van der Waals surface area contributed by atoms with Gasteiger partial charge in [0.05, 0.1) is 12.4 Å². The Hall–Kier alpha value is -1.24. The van der Waals surface area contributed by atoms with Gasteiger partial charge in [-0.1, -0.05) is 37.3 Å². The van der Waals surface area contributed by atoms with Crippen molar-refractivity contribution in [1.29, 1.82) is 0 Å². The highest BCUT2D eigenvalue weighted by molar-refractivity contribution is 5.50. The van der Waals surface area contributed by atoms with Crippen LogP contribution in [0, 0.1) is 11.8 Å². The molecule has 0 bridgehead atoms. The highest BCUT2D eigenvalue weighted by Crippen LogP contribution is 2.68. The van der Waals surface area contributed by atoms with Crippen LogP contribution in [0.5, 0.6) is 0 Å². The SMILES string of the molecule is C[C@H]1[C@@H]2COC3=C(CCCC3)[C@]12c1ccccc1. The minimum atomic E-state index is 0.343. The van der Waals surface area contributed by atoms with E-state index in [0.717, 1.165) is 18.4 Å². The molecule has 2 aliphatic carbocycles. The molecule has 94 valence electrons. The van der Waals surface area contributed by atoms with Crippen molar-refractivity contribution >= 4 is 0 Å². The van der Waals surface area contributed by atoms with Gasteiger partial charge in [-0.15, -0.1) is 0 Å². The highest BCUT2D eigenvalue weighted by atomic mass is 16.5. The van der Waals surface area contributed by atoms with Crippen molar-refractivity contribution in [3.63, 3.8) is 0 Å². The zero-order chi connectivity index (χ0) is 12.2. The monoisotopic (exact) mass is 240 g/mol. The summed E-state index contributed by atoms with van der Waals surface area (Å²) in [5.41, 5.74) is 3.51. The second-order valence-corrected chi connectivity index (χ2v) is 6.05. The molecule has 0 N–H and O–H groups in total. The summed E-state index contributed by atoms with van der Waals surface area (Å²) in [6, 6.07) is 11.1. The van der Waals surface area contributed by atoms with Crippen LogP contribution in [0.25, 0.3) is 0 Å². The molecule has 1 heterocycles. The minimum absolute atomic E-state index is 0.343. The van der Waals surface area contributed by atoms with Gasteiger partial charge in [0.1, 0.15) is 0 Å². The molecule has 1 fully saturated rings. The molecule has 1 saturated carbocycles. The van der Waals surface area contributed by atoms with Crippen LogP contribution in [0.1, 0.15) is 38.2 Å². The zero-order valence-electron chi connectivity index (χ0n) is 11.0. The molecule has 3 aliphatic rings. The Bertz CT molecular complexity index is 502. The van der Waals surface area contributed by atoms with E-state index in [-0.39, 0.29) is 0 Å². The predicted molar refractivity (Wildman–Crippen MR) is 72.2 cm³/mol. The predicted octanol–water partition coefficient (Wildman–Crippen LogP) is 4.05.